The maximum Gasteiger partial charge on any atom is 0.268 e. The lowest BCUT2D eigenvalue weighted by molar-refractivity contribution is 0.483. The van der Waals surface area contributed by atoms with Crippen molar-refractivity contribution in [1.29, 1.82) is 5.26 Å². The molecule has 0 unspecified atom stereocenters. The molecule has 0 amide bonds. The fourth-order valence-corrected chi connectivity index (χ4v) is 3.53. The fraction of sp³-hybridized carbons (Fsp3) is 0.0769. The van der Waals surface area contributed by atoms with Crippen LogP contribution < -0.4 is 4.72 Å². The van der Waals surface area contributed by atoms with E-state index in [4.69, 9.17) is 16.9 Å². The number of halogens is 2. The topological polar surface area (TPSA) is 104 Å². The summed E-state index contributed by atoms with van der Waals surface area (Å²) in [6.07, 6.45) is 2.33. The molecule has 0 fully saturated rings. The van der Waals surface area contributed by atoms with Crippen LogP contribution in [0.1, 0.15) is 5.56 Å². The van der Waals surface area contributed by atoms with Crippen molar-refractivity contribution in [3.05, 3.63) is 41.1 Å². The first-order chi connectivity index (χ1) is 10.8. The summed E-state index contributed by atoms with van der Waals surface area (Å²) in [4.78, 5) is 2.22. The van der Waals surface area contributed by atoms with Gasteiger partial charge in [-0.25, -0.2) is 13.1 Å². The molecule has 2 aromatic heterocycles. The van der Waals surface area contributed by atoms with Crippen molar-refractivity contribution in [2.24, 2.45) is 7.05 Å². The molecule has 10 heteroatoms. The summed E-state index contributed by atoms with van der Waals surface area (Å²) in [6, 6.07) is 4.84. The Hall–Kier alpha value is -2.57. The van der Waals surface area contributed by atoms with Crippen molar-refractivity contribution in [3.63, 3.8) is 0 Å². The van der Waals surface area contributed by atoms with Crippen LogP contribution in [0.25, 0.3) is 10.9 Å². The fourth-order valence-electron chi connectivity index (χ4n) is 2.16. The van der Waals surface area contributed by atoms with E-state index < -0.39 is 20.9 Å². The third-order valence-electron chi connectivity index (χ3n) is 3.27. The number of sulfonamides is 1. The monoisotopic (exact) mass is 353 g/mol. The first-order valence-electron chi connectivity index (χ1n) is 6.25. The van der Waals surface area contributed by atoms with Gasteiger partial charge < -0.3 is 4.98 Å². The molecule has 0 spiro atoms. The van der Waals surface area contributed by atoms with Gasteiger partial charge in [0.1, 0.15) is 6.07 Å². The Morgan fingerprint density at radius 2 is 2.22 bits per heavy atom. The molecule has 3 rings (SSSR count). The minimum Gasteiger partial charge on any atom is -0.358 e. The Bertz CT molecular complexity index is 1060. The van der Waals surface area contributed by atoms with E-state index in [-0.39, 0.29) is 11.3 Å². The van der Waals surface area contributed by atoms with Crippen LogP contribution in [0, 0.1) is 17.3 Å². The number of benzene rings is 1. The standard InChI is InChI=1S/C13H9ClFN5O2S/c1-20-13(15)10(6-18-20)23(21,22)19-9-3-2-8(14)11-7(4-16)5-17-12(9)11/h2-3,5-6,17,19H,1H3. The van der Waals surface area contributed by atoms with Crippen molar-refractivity contribution in [1.82, 2.24) is 14.8 Å². The molecule has 2 heterocycles. The van der Waals surface area contributed by atoms with Gasteiger partial charge in [-0.1, -0.05) is 11.6 Å². The third kappa shape index (κ3) is 2.42. The molecular weight excluding hydrogens is 345 g/mol. The van der Waals surface area contributed by atoms with Gasteiger partial charge in [0.15, 0.2) is 4.90 Å². The smallest absolute Gasteiger partial charge is 0.268 e. The highest BCUT2D eigenvalue weighted by Crippen LogP contribution is 2.33. The van der Waals surface area contributed by atoms with Crippen molar-refractivity contribution in [2.45, 2.75) is 4.90 Å². The summed E-state index contributed by atoms with van der Waals surface area (Å²) >= 11 is 6.05. The van der Waals surface area contributed by atoms with E-state index >= 15 is 0 Å². The molecule has 0 radical (unpaired) electrons. The maximum atomic E-state index is 13.8. The number of anilines is 1. The molecular formula is C13H9ClFN5O2S. The van der Waals surface area contributed by atoms with E-state index in [2.05, 4.69) is 14.8 Å². The van der Waals surface area contributed by atoms with Gasteiger partial charge in [-0.05, 0) is 12.1 Å². The van der Waals surface area contributed by atoms with Crippen molar-refractivity contribution in [2.75, 3.05) is 4.72 Å². The van der Waals surface area contributed by atoms with Gasteiger partial charge in [0.25, 0.3) is 10.0 Å². The molecule has 2 N–H and O–H groups in total. The van der Waals surface area contributed by atoms with Crippen molar-refractivity contribution >= 4 is 38.2 Å². The quantitative estimate of drug-likeness (QED) is 0.754. The average molecular weight is 354 g/mol. The zero-order valence-corrected chi connectivity index (χ0v) is 13.2. The van der Waals surface area contributed by atoms with E-state index in [0.29, 0.717) is 15.9 Å². The number of nitrogens with zero attached hydrogens (tertiary/aromatic N) is 3. The maximum absolute atomic E-state index is 13.8. The molecule has 0 saturated carbocycles. The number of nitriles is 1. The van der Waals surface area contributed by atoms with Crippen LogP contribution in [-0.4, -0.2) is 23.2 Å². The Balaban J connectivity index is 2.12. The number of rotatable bonds is 3. The van der Waals surface area contributed by atoms with Crippen LogP contribution in [0.4, 0.5) is 10.1 Å². The van der Waals surface area contributed by atoms with E-state index in [1.807, 2.05) is 6.07 Å². The van der Waals surface area contributed by atoms with Gasteiger partial charge >= 0.3 is 0 Å². The minimum atomic E-state index is -4.18. The second kappa shape index (κ2) is 5.26. The SMILES string of the molecule is Cn1ncc(S(=O)(=O)Nc2ccc(Cl)c3c(C#N)c[nH]c23)c1F. The lowest BCUT2D eigenvalue weighted by Gasteiger charge is -2.08. The van der Waals surface area contributed by atoms with Crippen LogP contribution in [0.2, 0.25) is 5.02 Å². The largest absolute Gasteiger partial charge is 0.358 e. The first kappa shape index (κ1) is 15.3. The molecule has 0 aliphatic carbocycles. The third-order valence-corrected chi connectivity index (χ3v) is 4.93. The molecule has 0 atom stereocenters. The van der Waals surface area contributed by atoms with Crippen molar-refractivity contribution in [3.8, 4) is 6.07 Å². The van der Waals surface area contributed by atoms with Crippen LogP contribution in [0.5, 0.6) is 0 Å². The molecule has 0 aliphatic rings. The lowest BCUT2D eigenvalue weighted by atomic mass is 10.1. The van der Waals surface area contributed by atoms with Crippen LogP contribution in [0.15, 0.2) is 29.4 Å². The van der Waals surface area contributed by atoms with E-state index in [0.717, 1.165) is 10.9 Å². The average Bonchev–Trinajstić information content (AvgIpc) is 3.07. The summed E-state index contributed by atoms with van der Waals surface area (Å²) in [6.45, 7) is 0. The summed E-state index contributed by atoms with van der Waals surface area (Å²) in [5, 5.41) is 13.3. The highest BCUT2D eigenvalue weighted by atomic mass is 35.5. The number of nitrogens with one attached hydrogen (secondary N) is 2. The summed E-state index contributed by atoms with van der Waals surface area (Å²) in [7, 11) is -2.89. The van der Waals surface area contributed by atoms with Gasteiger partial charge in [0, 0.05) is 18.6 Å². The van der Waals surface area contributed by atoms with Gasteiger partial charge in [-0.2, -0.15) is 14.8 Å². The number of aromatic nitrogens is 3. The highest BCUT2D eigenvalue weighted by Gasteiger charge is 2.24. The van der Waals surface area contributed by atoms with Gasteiger partial charge in [0.2, 0.25) is 5.95 Å². The molecule has 0 bridgehead atoms. The van der Waals surface area contributed by atoms with Gasteiger partial charge in [-0.3, -0.25) is 4.72 Å². The lowest BCUT2D eigenvalue weighted by Crippen LogP contribution is -2.14. The normalized spacial score (nSPS) is 11.6. The number of aryl methyl sites for hydroxylation is 1. The molecule has 3 aromatic rings. The Morgan fingerprint density at radius 3 is 2.83 bits per heavy atom. The summed E-state index contributed by atoms with van der Waals surface area (Å²) < 4.78 is 41.5. The second-order valence-corrected chi connectivity index (χ2v) is 6.75. The number of H-pyrrole nitrogens is 1. The summed E-state index contributed by atoms with van der Waals surface area (Å²) in [5.41, 5.74) is 0.759. The Labute approximate surface area is 135 Å². The van der Waals surface area contributed by atoms with E-state index in [1.54, 1.807) is 0 Å². The van der Waals surface area contributed by atoms with E-state index in [9.17, 15) is 12.8 Å². The zero-order chi connectivity index (χ0) is 16.8. The molecule has 1 aromatic carbocycles. The highest BCUT2D eigenvalue weighted by molar-refractivity contribution is 7.92. The van der Waals surface area contributed by atoms with Crippen LogP contribution in [-0.2, 0) is 17.1 Å². The molecule has 7 nitrogen and oxygen atoms in total. The van der Waals surface area contributed by atoms with E-state index in [1.165, 1.54) is 25.4 Å². The first-order valence-corrected chi connectivity index (χ1v) is 8.11. The molecule has 0 saturated heterocycles. The Kier molecular flexibility index (Phi) is 3.50. The van der Waals surface area contributed by atoms with Crippen LogP contribution in [0.3, 0.4) is 0 Å². The second-order valence-electron chi connectivity index (χ2n) is 4.69. The van der Waals surface area contributed by atoms with Gasteiger partial charge in [-0.15, -0.1) is 0 Å². The van der Waals surface area contributed by atoms with Crippen molar-refractivity contribution < 1.29 is 12.8 Å². The van der Waals surface area contributed by atoms with Gasteiger partial charge in [0.05, 0.1) is 28.0 Å². The number of aromatic amines is 1. The number of hydrogen-bond donors (Lipinski definition) is 2. The molecule has 118 valence electrons. The molecule has 0 aliphatic heterocycles. The minimum absolute atomic E-state index is 0.147. The Morgan fingerprint density at radius 1 is 1.48 bits per heavy atom. The summed E-state index contributed by atoms with van der Waals surface area (Å²) in [5.74, 6) is -0.980. The predicted molar refractivity (Wildman–Crippen MR) is 82.0 cm³/mol. The number of hydrogen-bond acceptors (Lipinski definition) is 4. The number of fused-ring (bicyclic) bond motifs is 1. The zero-order valence-electron chi connectivity index (χ0n) is 11.6. The predicted octanol–water partition coefficient (Wildman–Crippen LogP) is 2.37. The van der Waals surface area contributed by atoms with Crippen LogP contribution >= 0.6 is 11.6 Å². The molecule has 23 heavy (non-hydrogen) atoms.